The first-order valence-corrected chi connectivity index (χ1v) is 11.4. The van der Waals surface area contributed by atoms with Gasteiger partial charge in [-0.1, -0.05) is 23.7 Å². The van der Waals surface area contributed by atoms with Crippen molar-refractivity contribution in [2.24, 2.45) is 5.92 Å². The van der Waals surface area contributed by atoms with Crippen LogP contribution in [0.3, 0.4) is 0 Å². The molecule has 2 fully saturated rings. The number of aromatic amines is 1. The van der Waals surface area contributed by atoms with Crippen molar-refractivity contribution >= 4 is 28.4 Å². The van der Waals surface area contributed by atoms with Crippen LogP contribution in [0.15, 0.2) is 41.2 Å². The minimum absolute atomic E-state index is 0.00872. The molecule has 3 heterocycles. The van der Waals surface area contributed by atoms with Gasteiger partial charge in [0.2, 0.25) is 0 Å². The molecule has 2 aliphatic rings. The molecular formula is C24H23ClFN3O4. The Morgan fingerprint density at radius 2 is 2.18 bits per heavy atom. The molecule has 0 spiro atoms. The Bertz CT molecular complexity index is 1260. The summed E-state index contributed by atoms with van der Waals surface area (Å²) < 4.78 is 26.1. The fourth-order valence-electron chi connectivity index (χ4n) is 4.70. The fourth-order valence-corrected chi connectivity index (χ4v) is 4.91. The third-order valence-electron chi connectivity index (χ3n) is 6.30. The van der Waals surface area contributed by atoms with E-state index in [1.807, 2.05) is 6.07 Å². The maximum absolute atomic E-state index is 14.5. The minimum Gasteiger partial charge on any atom is -0.490 e. The summed E-state index contributed by atoms with van der Waals surface area (Å²) in [5.74, 6) is -1.11. The highest BCUT2D eigenvalue weighted by Crippen LogP contribution is 2.40. The van der Waals surface area contributed by atoms with Gasteiger partial charge in [-0.15, -0.1) is 0 Å². The van der Waals surface area contributed by atoms with Gasteiger partial charge in [0.25, 0.3) is 11.5 Å². The second kappa shape index (κ2) is 9.11. The van der Waals surface area contributed by atoms with Gasteiger partial charge in [-0.3, -0.25) is 9.59 Å². The normalized spacial score (nSPS) is 21.5. The average Bonchev–Trinajstić information content (AvgIpc) is 3.42. The Labute approximate surface area is 194 Å². The van der Waals surface area contributed by atoms with Crippen LogP contribution in [0.2, 0.25) is 5.02 Å². The molecule has 0 aliphatic carbocycles. The summed E-state index contributed by atoms with van der Waals surface area (Å²) in [6, 6.07) is 9.62. The first-order chi connectivity index (χ1) is 16.0. The van der Waals surface area contributed by atoms with E-state index in [0.29, 0.717) is 17.0 Å². The number of rotatable bonds is 7. The average molecular weight is 472 g/mol. The first-order valence-electron chi connectivity index (χ1n) is 11.0. The third-order valence-corrected chi connectivity index (χ3v) is 6.54. The second-order valence-corrected chi connectivity index (χ2v) is 8.94. The highest BCUT2D eigenvalue weighted by Gasteiger charge is 2.40. The van der Waals surface area contributed by atoms with E-state index in [9.17, 15) is 14.0 Å². The van der Waals surface area contributed by atoms with Gasteiger partial charge in [-0.2, -0.15) is 0 Å². The van der Waals surface area contributed by atoms with Crippen molar-refractivity contribution in [3.05, 3.63) is 69.0 Å². The summed E-state index contributed by atoms with van der Waals surface area (Å²) >= 11 is 5.96. The zero-order valence-corrected chi connectivity index (χ0v) is 18.5. The number of nitrogens with zero attached hydrogens (tertiary/aromatic N) is 1. The summed E-state index contributed by atoms with van der Waals surface area (Å²) in [6.07, 6.45) is 4.49. The molecule has 2 aromatic carbocycles. The Hall–Kier alpha value is -2.97. The molecule has 9 heteroatoms. The quantitative estimate of drug-likeness (QED) is 0.543. The Balaban J connectivity index is 1.31. The van der Waals surface area contributed by atoms with Crippen molar-refractivity contribution in [1.29, 1.82) is 0 Å². The molecule has 172 valence electrons. The number of nitrogens with one attached hydrogen (secondary N) is 2. The van der Waals surface area contributed by atoms with Gasteiger partial charge in [0, 0.05) is 11.6 Å². The van der Waals surface area contributed by atoms with Crippen LogP contribution in [-0.4, -0.2) is 34.7 Å². The largest absolute Gasteiger partial charge is 0.490 e. The molecule has 1 amide bonds. The minimum atomic E-state index is -0.642. The fraction of sp³-hybridized carbons (Fsp3) is 0.375. The van der Waals surface area contributed by atoms with E-state index < -0.39 is 17.3 Å². The predicted octanol–water partition coefficient (Wildman–Crippen LogP) is 3.98. The third kappa shape index (κ3) is 4.58. The van der Waals surface area contributed by atoms with Crippen LogP contribution in [0.4, 0.5) is 4.39 Å². The Kier molecular flexibility index (Phi) is 6.03. The topological polar surface area (TPSA) is 93.3 Å². The van der Waals surface area contributed by atoms with Crippen molar-refractivity contribution in [1.82, 2.24) is 15.3 Å². The van der Waals surface area contributed by atoms with Gasteiger partial charge < -0.3 is 19.8 Å². The summed E-state index contributed by atoms with van der Waals surface area (Å²) in [7, 11) is 0. The lowest BCUT2D eigenvalue weighted by Crippen LogP contribution is -2.27. The number of benzene rings is 2. The van der Waals surface area contributed by atoms with Gasteiger partial charge in [0.1, 0.15) is 5.39 Å². The number of amides is 1. The van der Waals surface area contributed by atoms with Gasteiger partial charge in [-0.05, 0) is 61.4 Å². The summed E-state index contributed by atoms with van der Waals surface area (Å²) in [6.45, 7) is 0.486. The highest BCUT2D eigenvalue weighted by molar-refractivity contribution is 6.30. The molecule has 3 unspecified atom stereocenters. The SMILES string of the molecule is O=C(NCc1cccc(Cl)c1)c1nc2ccc(F)c(OCCC3CC4CCC3O4)c2c(=O)[nH]1. The smallest absolute Gasteiger partial charge is 0.287 e. The lowest BCUT2D eigenvalue weighted by atomic mass is 9.87. The molecule has 1 aromatic heterocycles. The van der Waals surface area contributed by atoms with Crippen LogP contribution in [0.5, 0.6) is 5.75 Å². The zero-order valence-electron chi connectivity index (χ0n) is 17.8. The van der Waals surface area contributed by atoms with Crippen LogP contribution < -0.4 is 15.6 Å². The van der Waals surface area contributed by atoms with Crippen LogP contribution in [0, 0.1) is 11.7 Å². The van der Waals surface area contributed by atoms with Crippen LogP contribution in [0.25, 0.3) is 10.9 Å². The van der Waals surface area contributed by atoms with E-state index in [0.717, 1.165) is 31.2 Å². The molecule has 2 aliphatic heterocycles. The van der Waals surface area contributed by atoms with E-state index in [1.54, 1.807) is 18.2 Å². The molecule has 0 radical (unpaired) electrons. The van der Waals surface area contributed by atoms with Crippen molar-refractivity contribution < 1.29 is 18.7 Å². The molecule has 7 nitrogen and oxygen atoms in total. The van der Waals surface area contributed by atoms with Crippen molar-refractivity contribution in [2.75, 3.05) is 6.61 Å². The van der Waals surface area contributed by atoms with E-state index in [4.69, 9.17) is 21.1 Å². The van der Waals surface area contributed by atoms with Gasteiger partial charge in [-0.25, -0.2) is 9.37 Å². The lowest BCUT2D eigenvalue weighted by molar-refractivity contribution is 0.0884. The van der Waals surface area contributed by atoms with E-state index >= 15 is 0 Å². The lowest BCUT2D eigenvalue weighted by Gasteiger charge is -2.18. The molecule has 3 aromatic rings. The number of fused-ring (bicyclic) bond motifs is 3. The summed E-state index contributed by atoms with van der Waals surface area (Å²) in [5.41, 5.74) is 0.356. The second-order valence-electron chi connectivity index (χ2n) is 8.50. The number of carbonyl (C=O) groups excluding carboxylic acids is 1. The highest BCUT2D eigenvalue weighted by atomic mass is 35.5. The molecule has 5 rings (SSSR count). The monoisotopic (exact) mass is 471 g/mol. The molecule has 0 saturated carbocycles. The van der Waals surface area contributed by atoms with Crippen molar-refractivity contribution in [2.45, 2.75) is 44.4 Å². The van der Waals surface area contributed by atoms with E-state index in [-0.39, 0.29) is 41.7 Å². The molecule has 3 atom stereocenters. The van der Waals surface area contributed by atoms with E-state index in [1.165, 1.54) is 12.1 Å². The maximum atomic E-state index is 14.5. The van der Waals surface area contributed by atoms with Crippen LogP contribution in [0.1, 0.15) is 41.9 Å². The molecular weight excluding hydrogens is 449 g/mol. The molecule has 2 bridgehead atoms. The summed E-state index contributed by atoms with van der Waals surface area (Å²) in [5, 5.41) is 3.24. The molecule has 2 N–H and O–H groups in total. The maximum Gasteiger partial charge on any atom is 0.287 e. The van der Waals surface area contributed by atoms with Crippen LogP contribution >= 0.6 is 11.6 Å². The summed E-state index contributed by atoms with van der Waals surface area (Å²) in [4.78, 5) is 32.0. The van der Waals surface area contributed by atoms with E-state index in [2.05, 4.69) is 15.3 Å². The number of halogens is 2. The number of ether oxygens (including phenoxy) is 2. The first kappa shape index (κ1) is 21.9. The standard InChI is InChI=1S/C24H23ClFN3O4/c25-15-3-1-2-13(10-15)12-27-24(31)22-28-18-6-5-17(26)21(20(18)23(30)29-22)32-9-8-14-11-16-4-7-19(14)33-16/h1-3,5-6,10,14,16,19H,4,7-9,11-12H2,(H,27,31)(H,28,29,30). The number of H-pyrrole nitrogens is 1. The van der Waals surface area contributed by atoms with Gasteiger partial charge in [0.15, 0.2) is 17.4 Å². The van der Waals surface area contributed by atoms with Crippen LogP contribution in [-0.2, 0) is 11.3 Å². The Morgan fingerprint density at radius 3 is 2.94 bits per heavy atom. The predicted molar refractivity (Wildman–Crippen MR) is 121 cm³/mol. The van der Waals surface area contributed by atoms with Crippen molar-refractivity contribution in [3.8, 4) is 5.75 Å². The molecule has 2 saturated heterocycles. The number of hydrogen-bond donors (Lipinski definition) is 2. The van der Waals surface area contributed by atoms with Gasteiger partial charge in [0.05, 0.1) is 24.3 Å². The van der Waals surface area contributed by atoms with Gasteiger partial charge >= 0.3 is 0 Å². The number of aromatic nitrogens is 2. The zero-order chi connectivity index (χ0) is 22.9. The van der Waals surface area contributed by atoms with Crippen molar-refractivity contribution in [3.63, 3.8) is 0 Å². The number of carbonyl (C=O) groups is 1. The Morgan fingerprint density at radius 1 is 1.30 bits per heavy atom. The molecule has 33 heavy (non-hydrogen) atoms. The number of hydrogen-bond acceptors (Lipinski definition) is 5.